The van der Waals surface area contributed by atoms with Crippen molar-refractivity contribution in [3.63, 3.8) is 0 Å². The molecule has 1 aromatic carbocycles. The predicted octanol–water partition coefficient (Wildman–Crippen LogP) is 5.31. The third kappa shape index (κ3) is 6.62. The summed E-state index contributed by atoms with van der Waals surface area (Å²) in [5.74, 6) is 1.07. The number of para-hydroxylation sites is 1. The number of benzene rings is 1. The molecule has 2 aromatic heterocycles. The Bertz CT molecular complexity index is 1210. The van der Waals surface area contributed by atoms with Crippen molar-refractivity contribution >= 4 is 28.3 Å². The summed E-state index contributed by atoms with van der Waals surface area (Å²) in [6.07, 6.45) is 2.37. The number of aromatic nitrogens is 2. The number of carbonyl (C=O) groups excluding carboxylic acids is 1. The van der Waals surface area contributed by atoms with Crippen LogP contribution in [-0.4, -0.2) is 59.2 Å². The number of rotatable bonds is 7. The number of hydrogen-bond donors (Lipinski definition) is 1. The number of aryl methyl sites for hydroxylation is 1. The summed E-state index contributed by atoms with van der Waals surface area (Å²) in [5, 5.41) is 3.30. The lowest BCUT2D eigenvalue weighted by molar-refractivity contribution is -0.153. The summed E-state index contributed by atoms with van der Waals surface area (Å²) in [7, 11) is 0. The first-order valence-electron chi connectivity index (χ1n) is 12.8. The van der Waals surface area contributed by atoms with Crippen molar-refractivity contribution in [2.24, 2.45) is 5.92 Å². The number of thiazole rings is 1. The number of nitrogens with one attached hydrogen (secondary N) is 1. The summed E-state index contributed by atoms with van der Waals surface area (Å²) in [6, 6.07) is 5.62. The maximum atomic E-state index is 12.9. The van der Waals surface area contributed by atoms with Crippen molar-refractivity contribution in [1.29, 1.82) is 0 Å². The predicted molar refractivity (Wildman–Crippen MR) is 134 cm³/mol. The zero-order chi connectivity index (χ0) is 26.0. The number of hydrogen-bond acceptors (Lipinski definition) is 7. The van der Waals surface area contributed by atoms with E-state index in [1.165, 1.54) is 11.3 Å². The van der Waals surface area contributed by atoms with Gasteiger partial charge in [-0.25, -0.2) is 9.97 Å². The standard InChI is InChI=1S/C26H31F3N4O3S/c1-16-30-21-4-2-3-19(23(21)36-16)24(34)31-18-7-5-17(6-8-18)9-12-33-13-10-20-22(11-14-33)37-25(32-20)35-15-26(27,28)29/h2-4,17-18H,5-15H2,1H3,(H,31,34)/t17-,18-. The van der Waals surface area contributed by atoms with Crippen LogP contribution in [0.5, 0.6) is 5.19 Å². The van der Waals surface area contributed by atoms with Gasteiger partial charge in [0.1, 0.15) is 5.52 Å². The first-order valence-corrected chi connectivity index (χ1v) is 13.6. The van der Waals surface area contributed by atoms with Crippen molar-refractivity contribution in [3.05, 3.63) is 40.2 Å². The van der Waals surface area contributed by atoms with Crippen LogP contribution in [0.25, 0.3) is 11.1 Å². The van der Waals surface area contributed by atoms with E-state index in [1.807, 2.05) is 12.1 Å². The highest BCUT2D eigenvalue weighted by atomic mass is 32.1. The summed E-state index contributed by atoms with van der Waals surface area (Å²) < 4.78 is 47.7. The van der Waals surface area contributed by atoms with Gasteiger partial charge < -0.3 is 19.4 Å². The molecule has 1 saturated carbocycles. The van der Waals surface area contributed by atoms with Crippen LogP contribution >= 0.6 is 11.3 Å². The molecule has 1 amide bonds. The monoisotopic (exact) mass is 536 g/mol. The first kappa shape index (κ1) is 26.0. The molecule has 7 nitrogen and oxygen atoms in total. The van der Waals surface area contributed by atoms with Crippen LogP contribution in [0.15, 0.2) is 22.6 Å². The number of amides is 1. The maximum Gasteiger partial charge on any atom is 0.422 e. The molecule has 11 heteroatoms. The fourth-order valence-corrected chi connectivity index (χ4v) is 6.22. The molecular weight excluding hydrogens is 505 g/mol. The second-order valence-corrected chi connectivity index (χ2v) is 11.0. The van der Waals surface area contributed by atoms with Crippen LogP contribution in [-0.2, 0) is 12.8 Å². The molecule has 2 aliphatic rings. The molecule has 3 heterocycles. The molecule has 3 aromatic rings. The van der Waals surface area contributed by atoms with Crippen molar-refractivity contribution in [2.45, 2.75) is 64.1 Å². The third-order valence-corrected chi connectivity index (χ3v) is 8.31. The van der Waals surface area contributed by atoms with E-state index in [1.54, 1.807) is 13.0 Å². The SMILES string of the molecule is Cc1nc2cccc(C(=O)N[C@H]3CC[C@H](CCN4CCc5nc(OCC(F)(F)F)sc5CC4)CC3)c2o1. The van der Waals surface area contributed by atoms with Gasteiger partial charge in [-0.1, -0.05) is 17.4 Å². The number of ether oxygens (including phenoxy) is 1. The topological polar surface area (TPSA) is 80.5 Å². The molecule has 0 spiro atoms. The quantitative estimate of drug-likeness (QED) is 0.441. The summed E-state index contributed by atoms with van der Waals surface area (Å²) >= 11 is 1.24. The van der Waals surface area contributed by atoms with Crippen LogP contribution < -0.4 is 10.1 Å². The zero-order valence-corrected chi connectivity index (χ0v) is 21.6. The Balaban J connectivity index is 1.04. The Labute approximate surface area is 217 Å². The Hall–Kier alpha value is -2.66. The van der Waals surface area contributed by atoms with Gasteiger partial charge >= 0.3 is 6.18 Å². The number of oxazole rings is 1. The van der Waals surface area contributed by atoms with Crippen molar-refractivity contribution in [1.82, 2.24) is 20.2 Å². The van der Waals surface area contributed by atoms with E-state index < -0.39 is 12.8 Å². The van der Waals surface area contributed by atoms with Gasteiger partial charge in [0.25, 0.3) is 11.1 Å². The molecular formula is C26H31F3N4O3S. The highest BCUT2D eigenvalue weighted by Crippen LogP contribution is 2.31. The molecule has 1 fully saturated rings. The number of alkyl halides is 3. The average molecular weight is 537 g/mol. The van der Waals surface area contributed by atoms with Gasteiger partial charge in [0.15, 0.2) is 18.1 Å². The van der Waals surface area contributed by atoms with E-state index in [0.717, 1.165) is 75.2 Å². The Kier molecular flexibility index (Phi) is 7.71. The van der Waals surface area contributed by atoms with Crippen molar-refractivity contribution in [2.75, 3.05) is 26.2 Å². The highest BCUT2D eigenvalue weighted by molar-refractivity contribution is 7.13. The molecule has 0 bridgehead atoms. The van der Waals surface area contributed by atoms with Gasteiger partial charge in [0, 0.05) is 37.4 Å². The minimum Gasteiger partial charge on any atom is -0.460 e. The number of halogens is 3. The molecule has 0 radical (unpaired) electrons. The largest absolute Gasteiger partial charge is 0.460 e. The third-order valence-electron chi connectivity index (χ3n) is 7.24. The molecule has 1 N–H and O–H groups in total. The van der Waals surface area contributed by atoms with E-state index in [0.29, 0.717) is 28.5 Å². The van der Waals surface area contributed by atoms with Gasteiger partial charge in [-0.2, -0.15) is 13.2 Å². The van der Waals surface area contributed by atoms with E-state index in [2.05, 4.69) is 20.2 Å². The maximum absolute atomic E-state index is 12.9. The summed E-state index contributed by atoms with van der Waals surface area (Å²) in [6.45, 7) is 3.22. The molecule has 1 aliphatic heterocycles. The lowest BCUT2D eigenvalue weighted by atomic mass is 9.84. The number of fused-ring (bicyclic) bond motifs is 2. The average Bonchev–Trinajstić information content (AvgIpc) is 3.39. The number of nitrogens with zero attached hydrogens (tertiary/aromatic N) is 3. The van der Waals surface area contributed by atoms with E-state index in [-0.39, 0.29) is 17.1 Å². The van der Waals surface area contributed by atoms with E-state index in [9.17, 15) is 18.0 Å². The number of carbonyl (C=O) groups is 1. The second-order valence-electron chi connectivity index (χ2n) is 9.96. The van der Waals surface area contributed by atoms with E-state index >= 15 is 0 Å². The lowest BCUT2D eigenvalue weighted by Gasteiger charge is -2.30. The molecule has 5 rings (SSSR count). The molecule has 1 aliphatic carbocycles. The van der Waals surface area contributed by atoms with Gasteiger partial charge in [-0.05, 0) is 63.1 Å². The molecule has 200 valence electrons. The van der Waals surface area contributed by atoms with Gasteiger partial charge in [-0.3, -0.25) is 4.79 Å². The first-order chi connectivity index (χ1) is 17.7. The summed E-state index contributed by atoms with van der Waals surface area (Å²) in [4.78, 5) is 25.0. The van der Waals surface area contributed by atoms with Crippen LogP contribution in [0.1, 0.15) is 58.9 Å². The van der Waals surface area contributed by atoms with Crippen LogP contribution in [0, 0.1) is 12.8 Å². The second kappa shape index (κ2) is 11.0. The highest BCUT2D eigenvalue weighted by Gasteiger charge is 2.30. The minimum atomic E-state index is -4.35. The van der Waals surface area contributed by atoms with Gasteiger partial charge in [-0.15, -0.1) is 0 Å². The Morgan fingerprint density at radius 2 is 1.97 bits per heavy atom. The lowest BCUT2D eigenvalue weighted by Crippen LogP contribution is -2.38. The molecule has 0 saturated heterocycles. The van der Waals surface area contributed by atoms with Gasteiger partial charge in [0.2, 0.25) is 0 Å². The minimum absolute atomic E-state index is 0.109. The van der Waals surface area contributed by atoms with E-state index in [4.69, 9.17) is 9.15 Å². The Morgan fingerprint density at radius 3 is 2.76 bits per heavy atom. The Morgan fingerprint density at radius 1 is 1.19 bits per heavy atom. The zero-order valence-electron chi connectivity index (χ0n) is 20.8. The molecule has 37 heavy (non-hydrogen) atoms. The molecule has 0 atom stereocenters. The van der Waals surface area contributed by atoms with Crippen LogP contribution in [0.4, 0.5) is 13.2 Å². The van der Waals surface area contributed by atoms with Gasteiger partial charge in [0.05, 0.1) is 11.3 Å². The fourth-order valence-electron chi connectivity index (χ4n) is 5.28. The van der Waals surface area contributed by atoms with Crippen molar-refractivity contribution in [3.8, 4) is 5.19 Å². The fraction of sp³-hybridized carbons (Fsp3) is 0.577. The normalized spacial score (nSPS) is 21.0. The summed E-state index contributed by atoms with van der Waals surface area (Å²) in [5.41, 5.74) is 2.64. The smallest absolute Gasteiger partial charge is 0.422 e. The molecule has 0 unspecified atom stereocenters. The van der Waals surface area contributed by atoms with Crippen molar-refractivity contribution < 1.29 is 27.1 Å². The van der Waals surface area contributed by atoms with Crippen LogP contribution in [0.3, 0.4) is 0 Å². The van der Waals surface area contributed by atoms with Crippen LogP contribution in [0.2, 0.25) is 0 Å².